The van der Waals surface area contributed by atoms with Crippen LogP contribution in [0.2, 0.25) is 0 Å². The molecule has 1 aromatic carbocycles. The van der Waals surface area contributed by atoms with E-state index in [1.54, 1.807) is 23.9 Å². The van der Waals surface area contributed by atoms with Crippen molar-refractivity contribution in [3.05, 3.63) is 24.3 Å². The minimum Gasteiger partial charge on any atom is -0.492 e. The number of nitrogens with two attached hydrogens (primary N) is 1. The summed E-state index contributed by atoms with van der Waals surface area (Å²) in [6, 6.07) is 7.25. The Morgan fingerprint density at radius 1 is 1.24 bits per heavy atom. The standard InChI is InChI=1S/C17H26N4O3.ClH/c1-20(2)17(23)21-10-7-13(8-11-21)16(22)19-14-3-5-15(6-4-14)24-12-9-18;/h3-6,13H,7-12,18H2,1-2H3,(H,19,22);1H. The van der Waals surface area contributed by atoms with Crippen LogP contribution in [0.3, 0.4) is 0 Å². The minimum atomic E-state index is -0.0654. The van der Waals surface area contributed by atoms with E-state index in [0.29, 0.717) is 39.1 Å². The molecule has 1 fully saturated rings. The number of likely N-dealkylation sites (tertiary alicyclic amines) is 1. The molecule has 0 aliphatic carbocycles. The van der Waals surface area contributed by atoms with Gasteiger partial charge in [-0.15, -0.1) is 12.4 Å². The molecule has 1 aliphatic heterocycles. The highest BCUT2D eigenvalue weighted by atomic mass is 35.5. The maximum atomic E-state index is 12.4. The topological polar surface area (TPSA) is 87.9 Å². The van der Waals surface area contributed by atoms with Gasteiger partial charge in [0.15, 0.2) is 0 Å². The van der Waals surface area contributed by atoms with Gasteiger partial charge >= 0.3 is 6.03 Å². The van der Waals surface area contributed by atoms with E-state index in [0.717, 1.165) is 11.4 Å². The van der Waals surface area contributed by atoms with Crippen LogP contribution in [0, 0.1) is 5.92 Å². The molecule has 0 aromatic heterocycles. The van der Waals surface area contributed by atoms with Crippen LogP contribution in [0.15, 0.2) is 24.3 Å². The maximum absolute atomic E-state index is 12.4. The zero-order chi connectivity index (χ0) is 17.5. The summed E-state index contributed by atoms with van der Waals surface area (Å²) in [6.07, 6.45) is 1.37. The maximum Gasteiger partial charge on any atom is 0.319 e. The van der Waals surface area contributed by atoms with Gasteiger partial charge in [-0.05, 0) is 37.1 Å². The van der Waals surface area contributed by atoms with Gasteiger partial charge in [-0.2, -0.15) is 0 Å². The number of rotatable bonds is 5. The second kappa shape index (κ2) is 10.1. The first kappa shape index (κ1) is 21.1. The second-order valence-electron chi connectivity index (χ2n) is 6.09. The number of carbonyl (C=O) groups excluding carboxylic acids is 2. The summed E-state index contributed by atoms with van der Waals surface area (Å²) in [7, 11) is 3.48. The summed E-state index contributed by atoms with van der Waals surface area (Å²) in [5, 5.41) is 2.93. The number of ether oxygens (including phenoxy) is 1. The summed E-state index contributed by atoms with van der Waals surface area (Å²) in [5.41, 5.74) is 6.13. The predicted molar refractivity (Wildman–Crippen MR) is 100 cm³/mol. The van der Waals surface area contributed by atoms with Gasteiger partial charge in [-0.25, -0.2) is 4.79 Å². The molecule has 140 valence electrons. The molecule has 0 unspecified atom stereocenters. The largest absolute Gasteiger partial charge is 0.492 e. The van der Waals surface area contributed by atoms with Crippen molar-refractivity contribution in [1.29, 1.82) is 0 Å². The third-order valence-corrected chi connectivity index (χ3v) is 4.03. The van der Waals surface area contributed by atoms with Crippen molar-refractivity contribution in [2.45, 2.75) is 12.8 Å². The third-order valence-electron chi connectivity index (χ3n) is 4.03. The number of hydrogen-bond donors (Lipinski definition) is 2. The molecule has 1 aromatic rings. The summed E-state index contributed by atoms with van der Waals surface area (Å²) in [6.45, 7) is 2.16. The molecule has 7 nitrogen and oxygen atoms in total. The molecule has 0 radical (unpaired) electrons. The summed E-state index contributed by atoms with van der Waals surface area (Å²) in [5.74, 6) is 0.668. The molecule has 2 rings (SSSR count). The lowest BCUT2D eigenvalue weighted by molar-refractivity contribution is -0.121. The van der Waals surface area contributed by atoms with Crippen LogP contribution < -0.4 is 15.8 Å². The molecule has 1 aliphatic rings. The lowest BCUT2D eigenvalue weighted by Gasteiger charge is -2.33. The Labute approximate surface area is 154 Å². The number of nitrogens with one attached hydrogen (secondary N) is 1. The van der Waals surface area contributed by atoms with E-state index in [1.807, 2.05) is 24.3 Å². The van der Waals surface area contributed by atoms with Crippen LogP contribution in [-0.4, -0.2) is 62.1 Å². The molecular weight excluding hydrogens is 344 g/mol. The fraction of sp³-hybridized carbons (Fsp3) is 0.529. The van der Waals surface area contributed by atoms with Crippen molar-refractivity contribution in [3.63, 3.8) is 0 Å². The number of anilines is 1. The fourth-order valence-corrected chi connectivity index (χ4v) is 2.67. The van der Waals surface area contributed by atoms with Gasteiger partial charge in [0, 0.05) is 45.3 Å². The van der Waals surface area contributed by atoms with E-state index in [-0.39, 0.29) is 30.3 Å². The number of urea groups is 1. The average molecular weight is 371 g/mol. The molecule has 0 saturated carbocycles. The fourth-order valence-electron chi connectivity index (χ4n) is 2.67. The zero-order valence-corrected chi connectivity index (χ0v) is 15.6. The van der Waals surface area contributed by atoms with Crippen LogP contribution in [0.5, 0.6) is 5.75 Å². The SMILES string of the molecule is CN(C)C(=O)N1CCC(C(=O)Nc2ccc(OCCN)cc2)CC1.Cl. The van der Waals surface area contributed by atoms with E-state index >= 15 is 0 Å². The van der Waals surface area contributed by atoms with Crippen molar-refractivity contribution in [3.8, 4) is 5.75 Å². The molecule has 0 bridgehead atoms. The Balaban J connectivity index is 0.00000312. The normalized spacial score (nSPS) is 14.4. The van der Waals surface area contributed by atoms with E-state index in [4.69, 9.17) is 10.5 Å². The number of benzene rings is 1. The number of nitrogens with zero attached hydrogens (tertiary/aromatic N) is 2. The van der Waals surface area contributed by atoms with Gasteiger partial charge in [0.1, 0.15) is 12.4 Å². The van der Waals surface area contributed by atoms with Crippen molar-refractivity contribution in [2.75, 3.05) is 45.7 Å². The molecule has 1 heterocycles. The van der Waals surface area contributed by atoms with E-state index in [9.17, 15) is 9.59 Å². The van der Waals surface area contributed by atoms with Crippen molar-refractivity contribution in [2.24, 2.45) is 11.7 Å². The predicted octanol–water partition coefficient (Wildman–Crippen LogP) is 1.78. The van der Waals surface area contributed by atoms with Crippen LogP contribution in [0.1, 0.15) is 12.8 Å². The van der Waals surface area contributed by atoms with Crippen LogP contribution in [0.4, 0.5) is 10.5 Å². The molecule has 1 saturated heterocycles. The number of amides is 3. The summed E-state index contributed by atoms with van der Waals surface area (Å²) in [4.78, 5) is 27.6. The molecule has 3 amide bonds. The molecular formula is C17H27ClN4O3. The first-order valence-electron chi connectivity index (χ1n) is 8.21. The lowest BCUT2D eigenvalue weighted by Crippen LogP contribution is -2.45. The van der Waals surface area contributed by atoms with Gasteiger partial charge in [-0.1, -0.05) is 0 Å². The van der Waals surface area contributed by atoms with Gasteiger partial charge in [0.25, 0.3) is 0 Å². The molecule has 3 N–H and O–H groups in total. The van der Waals surface area contributed by atoms with E-state index in [1.165, 1.54) is 0 Å². The highest BCUT2D eigenvalue weighted by Gasteiger charge is 2.27. The zero-order valence-electron chi connectivity index (χ0n) is 14.7. The van der Waals surface area contributed by atoms with Crippen molar-refractivity contribution in [1.82, 2.24) is 9.80 Å². The van der Waals surface area contributed by atoms with E-state index < -0.39 is 0 Å². The van der Waals surface area contributed by atoms with Crippen LogP contribution in [-0.2, 0) is 4.79 Å². The van der Waals surface area contributed by atoms with Crippen molar-refractivity contribution >= 4 is 30.0 Å². The number of piperidine rings is 1. The summed E-state index contributed by atoms with van der Waals surface area (Å²) < 4.78 is 5.41. The Morgan fingerprint density at radius 3 is 2.36 bits per heavy atom. The smallest absolute Gasteiger partial charge is 0.319 e. The summed E-state index contributed by atoms with van der Waals surface area (Å²) >= 11 is 0. The van der Waals surface area contributed by atoms with Gasteiger partial charge in [-0.3, -0.25) is 4.79 Å². The Hall–Kier alpha value is -1.99. The Morgan fingerprint density at radius 2 is 1.84 bits per heavy atom. The minimum absolute atomic E-state index is 0. The number of hydrogen-bond acceptors (Lipinski definition) is 4. The number of carbonyl (C=O) groups is 2. The highest BCUT2D eigenvalue weighted by Crippen LogP contribution is 2.21. The molecule has 8 heteroatoms. The monoisotopic (exact) mass is 370 g/mol. The molecule has 25 heavy (non-hydrogen) atoms. The second-order valence-corrected chi connectivity index (χ2v) is 6.09. The molecule has 0 spiro atoms. The average Bonchev–Trinajstić information content (AvgIpc) is 2.60. The first-order chi connectivity index (χ1) is 11.5. The Bertz CT molecular complexity index is 558. The first-order valence-corrected chi connectivity index (χ1v) is 8.21. The quantitative estimate of drug-likeness (QED) is 0.826. The van der Waals surface area contributed by atoms with Crippen LogP contribution in [0.25, 0.3) is 0 Å². The van der Waals surface area contributed by atoms with E-state index in [2.05, 4.69) is 5.32 Å². The molecule has 0 atom stereocenters. The lowest BCUT2D eigenvalue weighted by atomic mass is 9.96. The number of halogens is 1. The van der Waals surface area contributed by atoms with Gasteiger partial charge < -0.3 is 25.6 Å². The Kier molecular flexibility index (Phi) is 8.51. The van der Waals surface area contributed by atoms with Gasteiger partial charge in [0.05, 0.1) is 0 Å². The van der Waals surface area contributed by atoms with Crippen molar-refractivity contribution < 1.29 is 14.3 Å². The highest BCUT2D eigenvalue weighted by molar-refractivity contribution is 5.92. The third kappa shape index (κ3) is 6.10. The van der Waals surface area contributed by atoms with Crippen LogP contribution >= 0.6 is 12.4 Å². The van der Waals surface area contributed by atoms with Gasteiger partial charge in [0.2, 0.25) is 5.91 Å².